The van der Waals surface area contributed by atoms with Crippen molar-refractivity contribution in [2.75, 3.05) is 31.6 Å². The Morgan fingerprint density at radius 2 is 2.17 bits per heavy atom. The van der Waals surface area contributed by atoms with Crippen molar-refractivity contribution in [2.45, 2.75) is 32.7 Å². The Balaban J connectivity index is 2.19. The zero-order chi connectivity index (χ0) is 13.0. The van der Waals surface area contributed by atoms with Gasteiger partial charge in [-0.3, -0.25) is 0 Å². The van der Waals surface area contributed by atoms with Crippen LogP contribution in [0.2, 0.25) is 0 Å². The molecule has 1 unspecified atom stereocenters. The van der Waals surface area contributed by atoms with Crippen LogP contribution in [0.1, 0.15) is 25.3 Å². The molecule has 3 heteroatoms. The minimum Gasteiger partial charge on any atom is -0.495 e. The number of nitrogens with zero attached hydrogens (tertiary/aromatic N) is 1. The minimum absolute atomic E-state index is 0.601. The summed E-state index contributed by atoms with van der Waals surface area (Å²) in [6, 6.07) is 7.02. The van der Waals surface area contributed by atoms with Gasteiger partial charge in [0.2, 0.25) is 0 Å². The van der Waals surface area contributed by atoms with Crippen molar-refractivity contribution in [1.29, 1.82) is 0 Å². The number of ether oxygens (including phenoxy) is 1. The van der Waals surface area contributed by atoms with Gasteiger partial charge in [0.05, 0.1) is 12.8 Å². The van der Waals surface area contributed by atoms with Gasteiger partial charge in [-0.1, -0.05) is 6.07 Å². The van der Waals surface area contributed by atoms with Crippen LogP contribution in [0.4, 0.5) is 5.69 Å². The second-order valence-electron chi connectivity index (χ2n) is 5.16. The van der Waals surface area contributed by atoms with E-state index < -0.39 is 0 Å². The summed E-state index contributed by atoms with van der Waals surface area (Å²) in [5, 5.41) is 3.54. The van der Waals surface area contributed by atoms with Gasteiger partial charge in [-0.15, -0.1) is 0 Å². The maximum Gasteiger partial charge on any atom is 0.142 e. The molecule has 1 N–H and O–H groups in total. The van der Waals surface area contributed by atoms with Gasteiger partial charge < -0.3 is 15.0 Å². The summed E-state index contributed by atoms with van der Waals surface area (Å²) in [4.78, 5) is 2.46. The quantitative estimate of drug-likeness (QED) is 0.870. The summed E-state index contributed by atoms with van der Waals surface area (Å²) in [5.41, 5.74) is 2.53. The van der Waals surface area contributed by atoms with E-state index in [4.69, 9.17) is 4.74 Å². The highest BCUT2D eigenvalue weighted by atomic mass is 16.5. The van der Waals surface area contributed by atoms with E-state index in [9.17, 15) is 0 Å². The maximum atomic E-state index is 5.50. The molecule has 100 valence electrons. The average Bonchev–Trinajstić information content (AvgIpc) is 2.34. The fourth-order valence-corrected chi connectivity index (χ4v) is 2.47. The van der Waals surface area contributed by atoms with Crippen LogP contribution in [0.25, 0.3) is 0 Å². The Morgan fingerprint density at radius 1 is 1.33 bits per heavy atom. The van der Waals surface area contributed by atoms with Crippen molar-refractivity contribution in [3.05, 3.63) is 23.8 Å². The van der Waals surface area contributed by atoms with Crippen molar-refractivity contribution in [3.8, 4) is 5.75 Å². The Kier molecular flexibility index (Phi) is 4.48. The zero-order valence-corrected chi connectivity index (χ0v) is 11.7. The predicted octanol–water partition coefficient (Wildman–Crippen LogP) is 2.58. The first-order valence-electron chi connectivity index (χ1n) is 6.83. The molecule has 1 saturated heterocycles. The van der Waals surface area contributed by atoms with Gasteiger partial charge in [0.1, 0.15) is 5.75 Å². The van der Waals surface area contributed by atoms with Crippen LogP contribution in [-0.4, -0.2) is 32.8 Å². The number of hydrogen-bond donors (Lipinski definition) is 1. The molecule has 1 aromatic rings. The first kappa shape index (κ1) is 13.2. The highest BCUT2D eigenvalue weighted by molar-refractivity contribution is 5.60. The van der Waals surface area contributed by atoms with E-state index in [0.717, 1.165) is 25.4 Å². The normalized spacial score (nSPS) is 21.3. The predicted molar refractivity (Wildman–Crippen MR) is 76.6 cm³/mol. The molecule has 0 aliphatic carbocycles. The van der Waals surface area contributed by atoms with Gasteiger partial charge >= 0.3 is 0 Å². The molecule has 0 radical (unpaired) electrons. The average molecular weight is 248 g/mol. The summed E-state index contributed by atoms with van der Waals surface area (Å²) in [5.74, 6) is 0.988. The smallest absolute Gasteiger partial charge is 0.142 e. The molecule has 0 amide bonds. The summed E-state index contributed by atoms with van der Waals surface area (Å²) in [7, 11) is 1.75. The van der Waals surface area contributed by atoms with Gasteiger partial charge in [0.25, 0.3) is 0 Å². The van der Waals surface area contributed by atoms with Gasteiger partial charge in [-0.05, 0) is 50.9 Å². The summed E-state index contributed by atoms with van der Waals surface area (Å²) in [6.45, 7) is 7.69. The Hall–Kier alpha value is -1.22. The molecule has 1 fully saturated rings. The van der Waals surface area contributed by atoms with Crippen LogP contribution in [0.15, 0.2) is 18.2 Å². The number of aryl methyl sites for hydroxylation is 1. The second-order valence-corrected chi connectivity index (χ2v) is 5.16. The van der Waals surface area contributed by atoms with E-state index in [0.29, 0.717) is 6.04 Å². The molecule has 0 spiro atoms. The van der Waals surface area contributed by atoms with Crippen LogP contribution >= 0.6 is 0 Å². The third-order valence-electron chi connectivity index (χ3n) is 3.60. The molecule has 2 rings (SSSR count). The molecule has 1 aliphatic heterocycles. The van der Waals surface area contributed by atoms with Crippen molar-refractivity contribution in [1.82, 2.24) is 5.32 Å². The van der Waals surface area contributed by atoms with Gasteiger partial charge in [-0.25, -0.2) is 0 Å². The van der Waals surface area contributed by atoms with E-state index in [1.165, 1.54) is 24.1 Å². The van der Waals surface area contributed by atoms with Gasteiger partial charge in [-0.2, -0.15) is 0 Å². The minimum atomic E-state index is 0.601. The van der Waals surface area contributed by atoms with Gasteiger partial charge in [0.15, 0.2) is 0 Å². The lowest BCUT2D eigenvalue weighted by Crippen LogP contribution is -2.38. The summed E-state index contributed by atoms with van der Waals surface area (Å²) in [6.07, 6.45) is 2.36. The highest BCUT2D eigenvalue weighted by Gasteiger charge is 2.15. The van der Waals surface area contributed by atoms with E-state index >= 15 is 0 Å². The van der Waals surface area contributed by atoms with Crippen LogP contribution < -0.4 is 15.0 Å². The fourth-order valence-electron chi connectivity index (χ4n) is 2.47. The molecule has 3 nitrogen and oxygen atoms in total. The third-order valence-corrected chi connectivity index (χ3v) is 3.60. The lowest BCUT2D eigenvalue weighted by atomic mass is 10.1. The fraction of sp³-hybridized carbons (Fsp3) is 0.600. The molecule has 1 atom stereocenters. The Labute approximate surface area is 110 Å². The van der Waals surface area contributed by atoms with Crippen molar-refractivity contribution >= 4 is 5.69 Å². The number of benzene rings is 1. The summed E-state index contributed by atoms with van der Waals surface area (Å²) >= 11 is 0. The molecule has 1 heterocycles. The first-order chi connectivity index (χ1) is 8.70. The number of methoxy groups -OCH3 is 1. The molecular formula is C15H24N2O. The van der Waals surface area contributed by atoms with Gasteiger partial charge in [0, 0.05) is 19.1 Å². The van der Waals surface area contributed by atoms with Crippen molar-refractivity contribution in [3.63, 3.8) is 0 Å². The topological polar surface area (TPSA) is 24.5 Å². The molecule has 0 saturated carbocycles. The Morgan fingerprint density at radius 3 is 2.94 bits per heavy atom. The monoisotopic (exact) mass is 248 g/mol. The zero-order valence-electron chi connectivity index (χ0n) is 11.7. The SMILES string of the molecule is COc1ccc(C)cc1N1CCCNC(C)CC1. The lowest BCUT2D eigenvalue weighted by Gasteiger charge is -2.30. The molecule has 1 aliphatic rings. The van der Waals surface area contributed by atoms with E-state index in [-0.39, 0.29) is 0 Å². The van der Waals surface area contributed by atoms with Crippen LogP contribution in [0.5, 0.6) is 5.75 Å². The number of anilines is 1. The third kappa shape index (κ3) is 3.16. The summed E-state index contributed by atoms with van der Waals surface area (Å²) < 4.78 is 5.50. The number of nitrogens with one attached hydrogen (secondary N) is 1. The van der Waals surface area contributed by atoms with Crippen molar-refractivity contribution in [2.24, 2.45) is 0 Å². The van der Waals surface area contributed by atoms with Crippen LogP contribution in [0.3, 0.4) is 0 Å². The number of rotatable bonds is 2. The first-order valence-corrected chi connectivity index (χ1v) is 6.83. The largest absolute Gasteiger partial charge is 0.495 e. The lowest BCUT2D eigenvalue weighted by molar-refractivity contribution is 0.411. The standard InChI is InChI=1S/C15H24N2O/c1-12-5-6-15(18-3)14(11-12)17-9-4-8-16-13(2)7-10-17/h5-6,11,13,16H,4,7-10H2,1-3H3. The maximum absolute atomic E-state index is 5.50. The highest BCUT2D eigenvalue weighted by Crippen LogP contribution is 2.30. The van der Waals surface area contributed by atoms with E-state index in [1.54, 1.807) is 7.11 Å². The van der Waals surface area contributed by atoms with E-state index in [1.807, 2.05) is 0 Å². The number of hydrogen-bond acceptors (Lipinski definition) is 3. The second kappa shape index (κ2) is 6.10. The Bertz CT molecular complexity index is 392. The molecular weight excluding hydrogens is 224 g/mol. The molecule has 0 aromatic heterocycles. The van der Waals surface area contributed by atoms with Crippen LogP contribution in [-0.2, 0) is 0 Å². The van der Waals surface area contributed by atoms with Crippen LogP contribution in [0, 0.1) is 6.92 Å². The molecule has 18 heavy (non-hydrogen) atoms. The van der Waals surface area contributed by atoms with E-state index in [2.05, 4.69) is 42.3 Å². The molecule has 0 bridgehead atoms. The van der Waals surface area contributed by atoms with Crippen molar-refractivity contribution < 1.29 is 4.74 Å². The molecule has 1 aromatic carbocycles.